The Morgan fingerprint density at radius 1 is 1.24 bits per heavy atom. The van der Waals surface area contributed by atoms with E-state index in [9.17, 15) is 8.42 Å². The summed E-state index contributed by atoms with van der Waals surface area (Å²) < 4.78 is 30.8. The number of nitrogens with zero attached hydrogens (tertiary/aromatic N) is 1. The summed E-state index contributed by atoms with van der Waals surface area (Å²) in [6, 6.07) is 8.12. The molecule has 1 saturated heterocycles. The van der Waals surface area contributed by atoms with Crippen molar-refractivity contribution in [3.8, 4) is 5.75 Å². The Bertz CT molecular complexity index is 535. The highest BCUT2D eigenvalue weighted by Gasteiger charge is 2.21. The summed E-state index contributed by atoms with van der Waals surface area (Å²) in [5.74, 6) is 0.897. The molecule has 1 aliphatic heterocycles. The molecule has 0 unspecified atom stereocenters. The van der Waals surface area contributed by atoms with E-state index in [1.54, 1.807) is 0 Å². The van der Waals surface area contributed by atoms with E-state index in [1.165, 1.54) is 11.8 Å². The summed E-state index contributed by atoms with van der Waals surface area (Å²) >= 11 is 0. The van der Waals surface area contributed by atoms with Crippen molar-refractivity contribution < 1.29 is 13.2 Å². The Morgan fingerprint density at radius 3 is 2.43 bits per heavy atom. The van der Waals surface area contributed by atoms with Crippen molar-refractivity contribution in [2.75, 3.05) is 32.5 Å². The zero-order chi connectivity index (χ0) is 15.3. The van der Waals surface area contributed by atoms with Crippen LogP contribution in [0.3, 0.4) is 0 Å². The van der Waals surface area contributed by atoms with Crippen LogP contribution in [0.25, 0.3) is 0 Å². The van der Waals surface area contributed by atoms with E-state index in [2.05, 4.69) is 16.5 Å². The molecule has 2 rings (SSSR count). The number of aryl methyl sites for hydroxylation is 1. The molecule has 0 aliphatic carbocycles. The Labute approximate surface area is 127 Å². The minimum atomic E-state index is -3.09. The number of piperidine rings is 1. The first kappa shape index (κ1) is 16.3. The normalized spacial score (nSPS) is 17.8. The van der Waals surface area contributed by atoms with Gasteiger partial charge in [0.2, 0.25) is 10.0 Å². The van der Waals surface area contributed by atoms with Gasteiger partial charge in [-0.05, 0) is 45.0 Å². The summed E-state index contributed by atoms with van der Waals surface area (Å²) in [6.07, 6.45) is 2.93. The van der Waals surface area contributed by atoms with Crippen LogP contribution in [0.5, 0.6) is 5.75 Å². The summed E-state index contributed by atoms with van der Waals surface area (Å²) in [7, 11) is -3.09. The highest BCUT2D eigenvalue weighted by molar-refractivity contribution is 7.88. The zero-order valence-corrected chi connectivity index (χ0v) is 13.5. The van der Waals surface area contributed by atoms with E-state index in [1.807, 2.05) is 24.3 Å². The van der Waals surface area contributed by atoms with Crippen molar-refractivity contribution in [2.24, 2.45) is 0 Å². The standard InChI is InChI=1S/C15H24N2O3S/c1-13-3-5-15(6-4-13)20-12-11-17-9-7-14(8-10-17)16-21(2,18)19/h3-6,14,16H,7-12H2,1-2H3. The molecule has 1 aromatic carbocycles. The van der Waals surface area contributed by atoms with Gasteiger partial charge >= 0.3 is 0 Å². The predicted octanol–water partition coefficient (Wildman–Crippen LogP) is 1.39. The third-order valence-corrected chi connectivity index (χ3v) is 4.43. The van der Waals surface area contributed by atoms with E-state index in [0.29, 0.717) is 6.61 Å². The van der Waals surface area contributed by atoms with Gasteiger partial charge in [0.05, 0.1) is 6.26 Å². The number of hydrogen-bond acceptors (Lipinski definition) is 4. The summed E-state index contributed by atoms with van der Waals surface area (Å²) in [4.78, 5) is 2.31. The molecule has 1 N–H and O–H groups in total. The molecule has 118 valence electrons. The Hall–Kier alpha value is -1.11. The van der Waals surface area contributed by atoms with Crippen LogP contribution in [0.15, 0.2) is 24.3 Å². The number of hydrogen-bond donors (Lipinski definition) is 1. The van der Waals surface area contributed by atoms with Gasteiger partial charge in [0.15, 0.2) is 0 Å². The van der Waals surface area contributed by atoms with Gasteiger partial charge in [-0.3, -0.25) is 4.90 Å². The van der Waals surface area contributed by atoms with Crippen molar-refractivity contribution in [3.63, 3.8) is 0 Å². The molecule has 0 bridgehead atoms. The van der Waals surface area contributed by atoms with Crippen LogP contribution in [0.2, 0.25) is 0 Å². The minimum Gasteiger partial charge on any atom is -0.492 e. The Balaban J connectivity index is 1.66. The molecule has 0 saturated carbocycles. The average Bonchev–Trinajstić information content (AvgIpc) is 2.41. The van der Waals surface area contributed by atoms with Crippen LogP contribution in [0, 0.1) is 6.92 Å². The lowest BCUT2D eigenvalue weighted by molar-refractivity contribution is 0.170. The number of ether oxygens (including phenoxy) is 1. The van der Waals surface area contributed by atoms with Gasteiger partial charge in [-0.1, -0.05) is 17.7 Å². The topological polar surface area (TPSA) is 58.6 Å². The lowest BCUT2D eigenvalue weighted by Gasteiger charge is -2.31. The van der Waals surface area contributed by atoms with Crippen LogP contribution >= 0.6 is 0 Å². The van der Waals surface area contributed by atoms with Crippen molar-refractivity contribution in [2.45, 2.75) is 25.8 Å². The first-order valence-electron chi connectivity index (χ1n) is 7.31. The molecule has 1 aliphatic rings. The molecule has 1 aromatic rings. The summed E-state index contributed by atoms with van der Waals surface area (Å²) in [5.41, 5.74) is 1.22. The van der Waals surface area contributed by atoms with E-state index in [4.69, 9.17) is 4.74 Å². The van der Waals surface area contributed by atoms with Gasteiger partial charge < -0.3 is 4.74 Å². The van der Waals surface area contributed by atoms with Gasteiger partial charge in [0.25, 0.3) is 0 Å². The highest BCUT2D eigenvalue weighted by Crippen LogP contribution is 2.13. The third kappa shape index (κ3) is 6.03. The highest BCUT2D eigenvalue weighted by atomic mass is 32.2. The predicted molar refractivity (Wildman–Crippen MR) is 84.1 cm³/mol. The molecule has 21 heavy (non-hydrogen) atoms. The van der Waals surface area contributed by atoms with Crippen LogP contribution in [-0.2, 0) is 10.0 Å². The number of benzene rings is 1. The molecule has 1 heterocycles. The smallest absolute Gasteiger partial charge is 0.208 e. The molecule has 0 amide bonds. The first-order chi connectivity index (χ1) is 9.92. The number of sulfonamides is 1. The quantitative estimate of drug-likeness (QED) is 0.862. The molecule has 0 aromatic heterocycles. The number of nitrogens with one attached hydrogen (secondary N) is 1. The molecule has 1 fully saturated rings. The van der Waals surface area contributed by atoms with Crippen molar-refractivity contribution in [1.82, 2.24) is 9.62 Å². The maximum absolute atomic E-state index is 11.2. The van der Waals surface area contributed by atoms with E-state index in [0.717, 1.165) is 38.2 Å². The van der Waals surface area contributed by atoms with Gasteiger partial charge in [-0.2, -0.15) is 0 Å². The van der Waals surface area contributed by atoms with E-state index >= 15 is 0 Å². The zero-order valence-electron chi connectivity index (χ0n) is 12.7. The lowest BCUT2D eigenvalue weighted by Crippen LogP contribution is -2.45. The minimum absolute atomic E-state index is 0.0780. The maximum Gasteiger partial charge on any atom is 0.208 e. The lowest BCUT2D eigenvalue weighted by atomic mass is 10.1. The summed E-state index contributed by atoms with van der Waals surface area (Å²) in [6.45, 7) is 5.40. The monoisotopic (exact) mass is 312 g/mol. The molecule has 5 nitrogen and oxygen atoms in total. The van der Waals surface area contributed by atoms with Crippen molar-refractivity contribution in [1.29, 1.82) is 0 Å². The SMILES string of the molecule is Cc1ccc(OCCN2CCC(NS(C)(=O)=O)CC2)cc1. The van der Waals surface area contributed by atoms with Crippen LogP contribution in [0.1, 0.15) is 18.4 Å². The van der Waals surface area contributed by atoms with Gasteiger partial charge in [0.1, 0.15) is 12.4 Å². The van der Waals surface area contributed by atoms with Gasteiger partial charge in [-0.15, -0.1) is 0 Å². The van der Waals surface area contributed by atoms with Crippen molar-refractivity contribution >= 4 is 10.0 Å². The average molecular weight is 312 g/mol. The molecular weight excluding hydrogens is 288 g/mol. The fourth-order valence-corrected chi connectivity index (χ4v) is 3.35. The van der Waals surface area contributed by atoms with Gasteiger partial charge in [-0.25, -0.2) is 13.1 Å². The maximum atomic E-state index is 11.2. The van der Waals surface area contributed by atoms with Crippen LogP contribution in [-0.4, -0.2) is 51.9 Å². The Morgan fingerprint density at radius 2 is 1.86 bits per heavy atom. The Kier molecular flexibility index (Phi) is 5.61. The molecule has 0 radical (unpaired) electrons. The third-order valence-electron chi connectivity index (χ3n) is 3.67. The first-order valence-corrected chi connectivity index (χ1v) is 9.21. The van der Waals surface area contributed by atoms with Crippen LogP contribution < -0.4 is 9.46 Å². The van der Waals surface area contributed by atoms with Gasteiger partial charge in [0, 0.05) is 12.6 Å². The fourth-order valence-electron chi connectivity index (χ4n) is 2.50. The second-order valence-corrected chi connectivity index (χ2v) is 7.45. The fraction of sp³-hybridized carbons (Fsp3) is 0.600. The second kappa shape index (κ2) is 7.24. The van der Waals surface area contributed by atoms with E-state index in [-0.39, 0.29) is 6.04 Å². The molecule has 6 heteroatoms. The van der Waals surface area contributed by atoms with E-state index < -0.39 is 10.0 Å². The number of rotatable bonds is 6. The molecule has 0 spiro atoms. The molecular formula is C15H24N2O3S. The second-order valence-electron chi connectivity index (χ2n) is 5.67. The largest absolute Gasteiger partial charge is 0.492 e. The summed E-state index contributed by atoms with van der Waals surface area (Å²) in [5, 5.41) is 0. The molecule has 0 atom stereocenters. The van der Waals surface area contributed by atoms with Crippen LogP contribution in [0.4, 0.5) is 0 Å². The van der Waals surface area contributed by atoms with Crippen molar-refractivity contribution in [3.05, 3.63) is 29.8 Å². The number of likely N-dealkylation sites (tertiary alicyclic amines) is 1.